The van der Waals surface area contributed by atoms with Gasteiger partial charge in [-0.05, 0) is 110 Å². The summed E-state index contributed by atoms with van der Waals surface area (Å²) in [5, 5.41) is 56.2. The molecule has 1 aliphatic rings. The molecule has 5 aromatic rings. The number of nitrogens with one attached hydrogen (secondary N) is 2. The molecule has 1 aromatic heterocycles. The number of carbonyl (C=O) groups excluding carboxylic acids is 3. The number of ketones is 2. The van der Waals surface area contributed by atoms with Gasteiger partial charge in [-0.15, -0.1) is 0 Å². The molecule has 0 spiro atoms. The van der Waals surface area contributed by atoms with E-state index in [2.05, 4.69) is 20.5 Å². The molecule has 0 aliphatic carbocycles. The van der Waals surface area contributed by atoms with Crippen molar-refractivity contribution >= 4 is 64.3 Å². The predicted octanol–water partition coefficient (Wildman–Crippen LogP) is 7.42. The average Bonchev–Trinajstić information content (AvgIpc) is 4.04. The Bertz CT molecular complexity index is 2820. The summed E-state index contributed by atoms with van der Waals surface area (Å²) >= 11 is 11.9. The summed E-state index contributed by atoms with van der Waals surface area (Å²) < 4.78 is 28.1. The molecule has 6 rings (SSSR count). The Kier molecular flexibility index (Phi) is 20.1. The largest absolute Gasteiger partial charge is 0.481 e. The van der Waals surface area contributed by atoms with Gasteiger partial charge in [0.1, 0.15) is 28.7 Å². The van der Waals surface area contributed by atoms with Gasteiger partial charge in [-0.2, -0.15) is 5.10 Å². The highest BCUT2D eigenvalue weighted by molar-refractivity contribution is 6.44. The van der Waals surface area contributed by atoms with Gasteiger partial charge in [-0.3, -0.25) is 34.1 Å². The van der Waals surface area contributed by atoms with Gasteiger partial charge in [0.05, 0.1) is 36.2 Å². The maximum atomic E-state index is 14.2. The Morgan fingerprint density at radius 1 is 0.718 bits per heavy atom. The quantitative estimate of drug-likeness (QED) is 0.0375. The number of aromatic nitrogens is 2. The molecule has 4 aromatic carbocycles. The molecular weight excluding hydrogens is 967 g/mol. The van der Waals surface area contributed by atoms with E-state index in [1.165, 1.54) is 70.2 Å². The maximum Gasteiger partial charge on any atom is 0.333 e. The standard InChI is InChI=1S/C25H25ClFN3O5.C19H21ClFNO3.C7H7NO3/c1-14(32)21-11-22(30-29-21)23(33)28-18(12-25(2,13-31)24(34)35)9-15-3-5-16(6-4-15)19-10-17(26)7-8-20(19)27;1-19(11-23,18(24)25)10-15(22)8-12-2-4-13(5-3-12)16-9-14(20)6-7-17(16)21;1-4(9)6-2-5(3-8-6)7(10)11/h3-8,10-11,18,31H,9,12-13H2,1-2H3,(H,28,33)(H,29,30)(H,34,35);2-7,9,15,23H,8,10-11,22H2,1H3,(H,24,25);2H,3H2,1H3,(H,10,11)/t18-,25+;15-,19+;/m11./s1. The second kappa shape index (κ2) is 25.2. The van der Waals surface area contributed by atoms with Crippen LogP contribution >= 0.6 is 23.2 Å². The van der Waals surface area contributed by atoms with Crippen LogP contribution in [0.25, 0.3) is 22.3 Å². The summed E-state index contributed by atoms with van der Waals surface area (Å²) in [6, 6.07) is 23.0. The second-order valence-corrected chi connectivity index (χ2v) is 18.3. The van der Waals surface area contributed by atoms with E-state index in [9.17, 15) is 58.0 Å². The summed E-state index contributed by atoms with van der Waals surface area (Å²) in [5.41, 5.74) is 7.58. The number of aliphatic hydroxyl groups is 2. The molecule has 16 nitrogen and oxygen atoms in total. The van der Waals surface area contributed by atoms with E-state index < -0.39 is 65.8 Å². The van der Waals surface area contributed by atoms with E-state index in [4.69, 9.17) is 34.0 Å². The van der Waals surface area contributed by atoms with Crippen molar-refractivity contribution in [2.75, 3.05) is 19.8 Å². The number of aliphatic carboxylic acids is 3. The monoisotopic (exact) mass is 1020 g/mol. The van der Waals surface area contributed by atoms with Crippen LogP contribution in [-0.4, -0.2) is 109 Å². The van der Waals surface area contributed by atoms with Crippen molar-refractivity contribution in [3.8, 4) is 22.3 Å². The first-order chi connectivity index (χ1) is 33.4. The van der Waals surface area contributed by atoms with E-state index in [0.717, 1.165) is 11.1 Å². The summed E-state index contributed by atoms with van der Waals surface area (Å²) in [6.45, 7) is 4.57. The lowest BCUT2D eigenvalue weighted by molar-refractivity contribution is -0.152. The third-order valence-electron chi connectivity index (χ3n) is 11.4. The van der Waals surface area contributed by atoms with E-state index in [1.54, 1.807) is 42.5 Å². The second-order valence-electron chi connectivity index (χ2n) is 17.4. The van der Waals surface area contributed by atoms with E-state index >= 15 is 0 Å². The summed E-state index contributed by atoms with van der Waals surface area (Å²) in [7, 11) is 0. The van der Waals surface area contributed by atoms with Gasteiger partial charge in [0, 0.05) is 47.1 Å². The van der Waals surface area contributed by atoms with Gasteiger partial charge < -0.3 is 36.6 Å². The molecule has 0 saturated heterocycles. The molecule has 20 heteroatoms. The van der Waals surface area contributed by atoms with Crippen molar-refractivity contribution in [2.24, 2.45) is 21.6 Å². The number of aromatic amines is 1. The minimum atomic E-state index is -1.50. The Morgan fingerprint density at radius 3 is 1.59 bits per heavy atom. The number of aliphatic imine (C=N–C) groups is 1. The summed E-state index contributed by atoms with van der Waals surface area (Å²) in [6.07, 6.45) is 2.10. The molecule has 4 atom stereocenters. The first kappa shape index (κ1) is 56.6. The van der Waals surface area contributed by atoms with Crippen LogP contribution in [0.5, 0.6) is 0 Å². The van der Waals surface area contributed by atoms with Gasteiger partial charge in [0.2, 0.25) is 0 Å². The Labute approximate surface area is 417 Å². The number of Topliss-reactive ketones (excluding diaryl/α,β-unsaturated/α-hetero) is 2. The van der Waals surface area contributed by atoms with Crippen LogP contribution in [-0.2, 0) is 32.0 Å². The van der Waals surface area contributed by atoms with Crippen LogP contribution in [0.3, 0.4) is 0 Å². The highest BCUT2D eigenvalue weighted by Crippen LogP contribution is 2.30. The van der Waals surface area contributed by atoms with E-state index in [1.807, 2.05) is 12.1 Å². The molecule has 0 saturated carbocycles. The van der Waals surface area contributed by atoms with Crippen LogP contribution < -0.4 is 11.1 Å². The van der Waals surface area contributed by atoms with Crippen LogP contribution in [0.15, 0.2) is 108 Å². The van der Waals surface area contributed by atoms with Crippen LogP contribution in [0.2, 0.25) is 10.0 Å². The van der Waals surface area contributed by atoms with Crippen LogP contribution in [0, 0.1) is 22.5 Å². The number of allylic oxidation sites excluding steroid dienone is 1. The van der Waals surface area contributed by atoms with Crippen LogP contribution in [0.4, 0.5) is 8.78 Å². The fourth-order valence-electron chi connectivity index (χ4n) is 7.12. The SMILES string of the molecule is CC(=O)C1=NCC(C(=O)O)=C1.CC(=O)c1cc(C(=O)N[C@H](Cc2ccc(-c3cc(Cl)ccc3F)cc2)C[C@@](C)(CO)C(=O)O)[nH]n1.C[C@@](CO)(C[C@H](N)Cc1ccc(-c2cc(Cl)ccc2F)cc1)C(=O)O. The zero-order chi connectivity index (χ0) is 52.8. The van der Waals surface area contributed by atoms with Crippen molar-refractivity contribution < 1.29 is 63.1 Å². The van der Waals surface area contributed by atoms with Crippen molar-refractivity contribution in [3.63, 3.8) is 0 Å². The molecular formula is C51H53Cl2F2N5O11. The van der Waals surface area contributed by atoms with E-state index in [-0.39, 0.29) is 65.9 Å². The number of benzene rings is 4. The van der Waals surface area contributed by atoms with Gasteiger partial charge >= 0.3 is 17.9 Å². The fraction of sp³-hybridized carbons (Fsp3) is 0.294. The van der Waals surface area contributed by atoms with Crippen molar-refractivity contribution in [3.05, 3.63) is 147 Å². The third kappa shape index (κ3) is 16.0. The number of H-pyrrole nitrogens is 1. The highest BCUT2D eigenvalue weighted by Gasteiger charge is 2.37. The smallest absolute Gasteiger partial charge is 0.333 e. The van der Waals surface area contributed by atoms with Crippen LogP contribution in [0.1, 0.15) is 72.6 Å². The first-order valence-electron chi connectivity index (χ1n) is 21.8. The number of nitrogens with two attached hydrogens (primary N) is 1. The molecule has 9 N–H and O–H groups in total. The number of carboxylic acid groups (broad SMARTS) is 3. The zero-order valence-corrected chi connectivity index (χ0v) is 40.5. The minimum Gasteiger partial charge on any atom is -0.481 e. The highest BCUT2D eigenvalue weighted by atomic mass is 35.5. The summed E-state index contributed by atoms with van der Waals surface area (Å²) in [4.78, 5) is 71.9. The number of aliphatic hydroxyl groups excluding tert-OH is 2. The fourth-order valence-corrected chi connectivity index (χ4v) is 7.47. The number of nitrogens with zero attached hydrogens (tertiary/aromatic N) is 2. The summed E-state index contributed by atoms with van der Waals surface area (Å²) in [5.74, 6) is -5.13. The van der Waals surface area contributed by atoms with Gasteiger partial charge in [-0.25, -0.2) is 13.6 Å². The minimum absolute atomic E-state index is 0.0491. The number of carboxylic acids is 3. The number of hydrogen-bond donors (Lipinski definition) is 8. The molecule has 1 aliphatic heterocycles. The lowest BCUT2D eigenvalue weighted by atomic mass is 9.82. The van der Waals surface area contributed by atoms with E-state index in [0.29, 0.717) is 38.7 Å². The van der Waals surface area contributed by atoms with Crippen molar-refractivity contribution in [2.45, 2.75) is 65.5 Å². The van der Waals surface area contributed by atoms with Crippen molar-refractivity contribution in [1.82, 2.24) is 15.5 Å². The molecule has 2 heterocycles. The molecule has 0 radical (unpaired) electrons. The maximum absolute atomic E-state index is 14.2. The third-order valence-corrected chi connectivity index (χ3v) is 11.9. The number of halogens is 4. The first-order valence-corrected chi connectivity index (χ1v) is 22.5. The van der Waals surface area contributed by atoms with Crippen molar-refractivity contribution in [1.29, 1.82) is 0 Å². The number of carbonyl (C=O) groups is 6. The molecule has 0 fully saturated rings. The average molecular weight is 1020 g/mol. The topological polar surface area (TPSA) is 283 Å². The molecule has 376 valence electrons. The van der Waals surface area contributed by atoms with Gasteiger partial charge in [-0.1, -0.05) is 71.7 Å². The lowest BCUT2D eigenvalue weighted by Gasteiger charge is -2.28. The predicted molar refractivity (Wildman–Crippen MR) is 263 cm³/mol. The number of amides is 1. The zero-order valence-electron chi connectivity index (χ0n) is 39.0. The normalized spacial score (nSPS) is 14.4. The molecule has 0 bridgehead atoms. The lowest BCUT2D eigenvalue weighted by Crippen LogP contribution is -2.44. The number of rotatable bonds is 19. The Balaban J connectivity index is 0.000000263. The molecule has 1 amide bonds. The Morgan fingerprint density at radius 2 is 1.20 bits per heavy atom. The molecule has 71 heavy (non-hydrogen) atoms. The Hall–Kier alpha value is -6.96. The van der Waals surface area contributed by atoms with Gasteiger partial charge in [0.15, 0.2) is 11.6 Å². The molecule has 0 unspecified atom stereocenters. The van der Waals surface area contributed by atoms with Gasteiger partial charge in [0.25, 0.3) is 5.91 Å². The number of hydrogen-bond acceptors (Lipinski definition) is 11.